The lowest BCUT2D eigenvalue weighted by Gasteiger charge is -2.36. The van der Waals surface area contributed by atoms with Gasteiger partial charge in [-0.25, -0.2) is 9.97 Å². The number of carbonyl (C=O) groups excluding carboxylic acids is 1. The van der Waals surface area contributed by atoms with Crippen molar-refractivity contribution in [3.05, 3.63) is 64.3 Å². The van der Waals surface area contributed by atoms with Crippen molar-refractivity contribution < 1.29 is 8.91 Å². The third-order valence-corrected chi connectivity index (χ3v) is 4.88. The average Bonchev–Trinajstić information content (AvgIpc) is 2.73. The topological polar surface area (TPSA) is 94.2 Å². The van der Waals surface area contributed by atoms with Gasteiger partial charge in [-0.05, 0) is 29.8 Å². The van der Waals surface area contributed by atoms with Gasteiger partial charge < -0.3 is 15.2 Å². The van der Waals surface area contributed by atoms with Crippen molar-refractivity contribution in [3.63, 3.8) is 0 Å². The molecule has 2 aromatic heterocycles. The first-order chi connectivity index (χ1) is 14.8. The fourth-order valence-electron chi connectivity index (χ4n) is 3.38. The van der Waals surface area contributed by atoms with Gasteiger partial charge in [-0.1, -0.05) is 6.07 Å². The van der Waals surface area contributed by atoms with Gasteiger partial charge in [0.2, 0.25) is 0 Å². The Hall–Kier alpha value is -3.26. The summed E-state index contributed by atoms with van der Waals surface area (Å²) in [6.07, 6.45) is 2.87. The first-order valence-corrected chi connectivity index (χ1v) is 9.01. The van der Waals surface area contributed by atoms with E-state index in [0.717, 1.165) is 55.0 Å². The third-order valence-electron chi connectivity index (χ3n) is 4.88. The summed E-state index contributed by atoms with van der Waals surface area (Å²) in [7, 11) is 0. The summed E-state index contributed by atoms with van der Waals surface area (Å²) in [4.78, 5) is 38.9. The number of nitrogens with zero attached hydrogens (tertiary/aromatic N) is 4. The number of piperazine rings is 1. The molecule has 1 saturated heterocycles. The van der Waals surface area contributed by atoms with Crippen LogP contribution in [0.1, 0.15) is 20.2 Å². The largest absolute Gasteiger partial charge is 0.368 e. The maximum Gasteiger partial charge on any atom is 0.269 e. The second-order valence-electron chi connectivity index (χ2n) is 6.72. The molecule has 1 fully saturated rings. The molecule has 2 N–H and O–H groups in total. The molecule has 28 heavy (non-hydrogen) atoms. The number of amides is 1. The summed E-state index contributed by atoms with van der Waals surface area (Å²) >= 11 is 0. The Morgan fingerprint density at radius 2 is 2.04 bits per heavy atom. The molecule has 1 amide bonds. The number of fused-ring (bicyclic) bond motifs is 1. The van der Waals surface area contributed by atoms with Crippen molar-refractivity contribution in [3.8, 4) is 0 Å². The molecule has 0 unspecified atom stereocenters. The second kappa shape index (κ2) is 7.77. The summed E-state index contributed by atoms with van der Waals surface area (Å²) in [5.74, 6) is -0.719. The quantitative estimate of drug-likeness (QED) is 0.700. The average molecular weight is 381 g/mol. The number of pyridine rings is 1. The number of benzene rings is 1. The molecule has 0 spiro atoms. The lowest BCUT2D eigenvalue weighted by atomic mass is 10.1. The molecule has 3 aromatic rings. The van der Waals surface area contributed by atoms with Crippen LogP contribution in [0.2, 0.25) is 0 Å². The summed E-state index contributed by atoms with van der Waals surface area (Å²) in [5.41, 5.74) is 3.35. The van der Waals surface area contributed by atoms with Crippen LogP contribution in [0.3, 0.4) is 0 Å². The minimum Gasteiger partial charge on any atom is -0.368 e. The first-order valence-electron chi connectivity index (χ1n) is 10.5. The van der Waals surface area contributed by atoms with Crippen LogP contribution in [0, 0.1) is 0 Å². The van der Waals surface area contributed by atoms with Crippen molar-refractivity contribution in [2.45, 2.75) is 6.54 Å². The second-order valence-corrected chi connectivity index (χ2v) is 6.72. The van der Waals surface area contributed by atoms with E-state index in [0.29, 0.717) is 0 Å². The molecular weight excluding hydrogens is 356 g/mol. The van der Waals surface area contributed by atoms with E-state index in [2.05, 4.69) is 24.8 Å². The number of nitrogens with one attached hydrogen (secondary N) is 2. The van der Waals surface area contributed by atoms with Crippen molar-refractivity contribution in [2.75, 3.05) is 38.1 Å². The number of hydrogen-bond donors (Lipinski definition) is 2. The maximum atomic E-state index is 11.9. The molecular formula is C20H22N6O2. The molecule has 1 aromatic carbocycles. The van der Waals surface area contributed by atoms with Crippen LogP contribution in [0.15, 0.2) is 47.5 Å². The molecule has 0 saturated carbocycles. The SMILES string of the molecule is [2H]C([2H])([2H])NC(=O)c1ccc(N2CCN(Cc3ccc4ncc(=O)[nH]c4c3)CC2)cn1. The molecule has 0 aliphatic carbocycles. The van der Waals surface area contributed by atoms with Gasteiger partial charge in [-0.2, -0.15) is 0 Å². The van der Waals surface area contributed by atoms with E-state index in [1.165, 1.54) is 12.3 Å². The van der Waals surface area contributed by atoms with E-state index < -0.39 is 12.9 Å². The Morgan fingerprint density at radius 3 is 2.79 bits per heavy atom. The van der Waals surface area contributed by atoms with Crippen LogP contribution < -0.4 is 15.8 Å². The number of aromatic nitrogens is 3. The molecule has 1 aliphatic heterocycles. The van der Waals surface area contributed by atoms with E-state index in [1.54, 1.807) is 12.3 Å². The van der Waals surface area contributed by atoms with E-state index in [9.17, 15) is 9.59 Å². The fourth-order valence-corrected chi connectivity index (χ4v) is 3.38. The van der Waals surface area contributed by atoms with Crippen molar-refractivity contribution in [1.82, 2.24) is 25.2 Å². The van der Waals surface area contributed by atoms with Crippen molar-refractivity contribution in [1.29, 1.82) is 0 Å². The molecule has 3 heterocycles. The molecule has 0 atom stereocenters. The zero-order valence-electron chi connectivity index (χ0n) is 18.2. The Balaban J connectivity index is 1.34. The number of anilines is 1. The Labute approximate surface area is 166 Å². The van der Waals surface area contributed by atoms with E-state index in [1.807, 2.05) is 23.5 Å². The number of hydrogen-bond acceptors (Lipinski definition) is 6. The van der Waals surface area contributed by atoms with Crippen LogP contribution in [0.4, 0.5) is 5.69 Å². The summed E-state index contributed by atoms with van der Waals surface area (Å²) < 4.78 is 21.3. The zero-order valence-corrected chi connectivity index (χ0v) is 15.2. The highest BCUT2D eigenvalue weighted by Crippen LogP contribution is 2.18. The normalized spacial score (nSPS) is 17.0. The van der Waals surface area contributed by atoms with Crippen molar-refractivity contribution >= 4 is 22.6 Å². The number of rotatable bonds is 4. The van der Waals surface area contributed by atoms with Gasteiger partial charge in [0.05, 0.1) is 29.1 Å². The van der Waals surface area contributed by atoms with Gasteiger partial charge in [-0.3, -0.25) is 14.5 Å². The first kappa shape index (κ1) is 14.8. The van der Waals surface area contributed by atoms with Gasteiger partial charge in [0.1, 0.15) is 5.69 Å². The van der Waals surface area contributed by atoms with Crippen LogP contribution in [-0.2, 0) is 6.54 Å². The molecule has 144 valence electrons. The van der Waals surface area contributed by atoms with Crippen LogP contribution >= 0.6 is 0 Å². The van der Waals surface area contributed by atoms with E-state index in [4.69, 9.17) is 4.11 Å². The monoisotopic (exact) mass is 381 g/mol. The maximum absolute atomic E-state index is 11.9. The minimum absolute atomic E-state index is 0.0716. The predicted octanol–water partition coefficient (Wildman–Crippen LogP) is 1.000. The van der Waals surface area contributed by atoms with Crippen LogP contribution in [-0.4, -0.2) is 58.9 Å². The van der Waals surface area contributed by atoms with Gasteiger partial charge in [0, 0.05) is 43.8 Å². The highest BCUT2D eigenvalue weighted by molar-refractivity contribution is 5.92. The smallest absolute Gasteiger partial charge is 0.269 e. The van der Waals surface area contributed by atoms with Gasteiger partial charge in [0.15, 0.2) is 0 Å². The zero-order chi connectivity index (χ0) is 22.0. The summed E-state index contributed by atoms with van der Waals surface area (Å²) in [5, 5.41) is 1.93. The van der Waals surface area contributed by atoms with Crippen LogP contribution in [0.25, 0.3) is 11.0 Å². The fraction of sp³-hybridized carbons (Fsp3) is 0.300. The van der Waals surface area contributed by atoms with Gasteiger partial charge >= 0.3 is 0 Å². The summed E-state index contributed by atoms with van der Waals surface area (Å²) in [6.45, 7) is 1.53. The minimum atomic E-state index is -2.54. The van der Waals surface area contributed by atoms with Crippen LogP contribution in [0.5, 0.6) is 0 Å². The number of H-pyrrole nitrogens is 1. The highest BCUT2D eigenvalue weighted by Gasteiger charge is 2.18. The predicted molar refractivity (Wildman–Crippen MR) is 107 cm³/mol. The van der Waals surface area contributed by atoms with Gasteiger partial charge in [-0.15, -0.1) is 0 Å². The number of aromatic amines is 1. The molecule has 8 nitrogen and oxygen atoms in total. The summed E-state index contributed by atoms with van der Waals surface area (Å²) in [6, 6.07) is 9.21. The molecule has 0 radical (unpaired) electrons. The van der Waals surface area contributed by atoms with Gasteiger partial charge in [0.25, 0.3) is 11.5 Å². The number of carbonyl (C=O) groups is 1. The molecule has 1 aliphatic rings. The standard InChI is InChI=1S/C20H22N6O2/c1-21-20(28)17-5-3-15(11-22-17)26-8-6-25(7-9-26)13-14-2-4-16-18(10-14)24-19(27)12-23-16/h2-5,10-12H,6-9,13H2,1H3,(H,21,28)(H,24,27)/i1D3. The molecule has 0 bridgehead atoms. The Bertz CT molecular complexity index is 1140. The van der Waals surface area contributed by atoms with Crippen molar-refractivity contribution in [2.24, 2.45) is 0 Å². The highest BCUT2D eigenvalue weighted by atomic mass is 16.1. The Kier molecular flexibility index (Phi) is 4.10. The lowest BCUT2D eigenvalue weighted by molar-refractivity contribution is 0.0958. The lowest BCUT2D eigenvalue weighted by Crippen LogP contribution is -2.46. The molecule has 8 heteroatoms. The third kappa shape index (κ3) is 3.86. The van der Waals surface area contributed by atoms with E-state index >= 15 is 0 Å². The molecule has 4 rings (SSSR count). The van der Waals surface area contributed by atoms with E-state index in [-0.39, 0.29) is 11.3 Å². The Morgan fingerprint density at radius 1 is 1.18 bits per heavy atom.